The highest BCUT2D eigenvalue weighted by atomic mass is 15.2. The Labute approximate surface area is 104 Å². The van der Waals surface area contributed by atoms with Crippen LogP contribution in [0.3, 0.4) is 0 Å². The van der Waals surface area contributed by atoms with Crippen molar-refractivity contribution in [2.75, 3.05) is 24.5 Å². The van der Waals surface area contributed by atoms with Crippen molar-refractivity contribution in [3.63, 3.8) is 0 Å². The average Bonchev–Trinajstić information content (AvgIpc) is 2.73. The van der Waals surface area contributed by atoms with Gasteiger partial charge in [0, 0.05) is 18.3 Å². The maximum Gasteiger partial charge on any atom is 0.0402 e. The van der Waals surface area contributed by atoms with Crippen molar-refractivity contribution in [2.24, 2.45) is 5.92 Å². The molecule has 0 aromatic heterocycles. The fourth-order valence-corrected chi connectivity index (χ4v) is 3.24. The smallest absolute Gasteiger partial charge is 0.0402 e. The Hall–Kier alpha value is -1.02. The molecule has 0 radical (unpaired) electrons. The zero-order valence-electron chi connectivity index (χ0n) is 10.7. The van der Waals surface area contributed by atoms with Gasteiger partial charge in [-0.1, -0.05) is 25.1 Å². The average molecular weight is 230 g/mol. The molecule has 1 aromatic carbocycles. The minimum atomic E-state index is 0.790. The van der Waals surface area contributed by atoms with Crippen molar-refractivity contribution < 1.29 is 0 Å². The summed E-state index contributed by atoms with van der Waals surface area (Å²) in [5, 5.41) is 3.50. The fraction of sp³-hybridized carbons (Fsp3) is 0.600. The van der Waals surface area contributed by atoms with Gasteiger partial charge in [-0.15, -0.1) is 0 Å². The van der Waals surface area contributed by atoms with E-state index in [9.17, 15) is 0 Å². The minimum Gasteiger partial charge on any atom is -0.368 e. The highest BCUT2D eigenvalue weighted by Crippen LogP contribution is 2.39. The fourth-order valence-electron chi connectivity index (χ4n) is 3.24. The van der Waals surface area contributed by atoms with Gasteiger partial charge in [0.15, 0.2) is 0 Å². The van der Waals surface area contributed by atoms with Crippen LogP contribution in [-0.2, 0) is 6.42 Å². The first-order valence-corrected chi connectivity index (χ1v) is 6.95. The maximum absolute atomic E-state index is 3.50. The van der Waals surface area contributed by atoms with Gasteiger partial charge in [-0.2, -0.15) is 0 Å². The molecular weight excluding hydrogens is 208 g/mol. The van der Waals surface area contributed by atoms with Gasteiger partial charge >= 0.3 is 0 Å². The summed E-state index contributed by atoms with van der Waals surface area (Å²) >= 11 is 0. The molecule has 1 aromatic rings. The lowest BCUT2D eigenvalue weighted by Gasteiger charge is -2.44. The molecule has 1 aliphatic heterocycles. The van der Waals surface area contributed by atoms with Gasteiger partial charge in [0.1, 0.15) is 0 Å². The van der Waals surface area contributed by atoms with E-state index in [1.54, 1.807) is 5.56 Å². The van der Waals surface area contributed by atoms with Crippen LogP contribution >= 0.6 is 0 Å². The van der Waals surface area contributed by atoms with E-state index >= 15 is 0 Å². The first kappa shape index (κ1) is 11.1. The van der Waals surface area contributed by atoms with Crippen LogP contribution in [0.15, 0.2) is 24.3 Å². The number of nitrogens with zero attached hydrogens (tertiary/aromatic N) is 1. The van der Waals surface area contributed by atoms with Crippen LogP contribution in [0.1, 0.15) is 25.3 Å². The molecule has 2 heteroatoms. The Morgan fingerprint density at radius 2 is 2.18 bits per heavy atom. The number of benzene rings is 1. The van der Waals surface area contributed by atoms with Gasteiger partial charge < -0.3 is 10.2 Å². The zero-order valence-corrected chi connectivity index (χ0v) is 10.7. The van der Waals surface area contributed by atoms with Crippen LogP contribution in [0.2, 0.25) is 0 Å². The second kappa shape index (κ2) is 4.69. The van der Waals surface area contributed by atoms with E-state index in [-0.39, 0.29) is 0 Å². The van der Waals surface area contributed by atoms with Crippen molar-refractivity contribution in [3.05, 3.63) is 29.8 Å². The number of fused-ring (bicyclic) bond motifs is 1. The molecule has 92 valence electrons. The third-order valence-electron chi connectivity index (χ3n) is 4.36. The molecule has 2 nitrogen and oxygen atoms in total. The van der Waals surface area contributed by atoms with Crippen molar-refractivity contribution in [3.8, 4) is 0 Å². The molecular formula is C15H22N2. The van der Waals surface area contributed by atoms with Crippen LogP contribution in [0, 0.1) is 5.92 Å². The van der Waals surface area contributed by atoms with Crippen LogP contribution in [-0.4, -0.2) is 25.7 Å². The first-order valence-electron chi connectivity index (χ1n) is 6.95. The SMILES string of the molecule is CCNCC1CCC1N1CCc2ccccc21. The normalized spacial score (nSPS) is 26.8. The molecule has 1 heterocycles. The van der Waals surface area contributed by atoms with Gasteiger partial charge in [-0.05, 0) is 49.9 Å². The molecule has 2 aliphatic rings. The summed E-state index contributed by atoms with van der Waals surface area (Å²) in [6.45, 7) is 5.71. The predicted octanol–water partition coefficient (Wildman–Crippen LogP) is 2.44. The number of nitrogens with one attached hydrogen (secondary N) is 1. The third kappa shape index (κ3) is 1.95. The highest BCUT2D eigenvalue weighted by Gasteiger charge is 2.37. The molecule has 1 saturated carbocycles. The van der Waals surface area contributed by atoms with E-state index in [0.29, 0.717) is 0 Å². The zero-order chi connectivity index (χ0) is 11.7. The lowest BCUT2D eigenvalue weighted by Crippen LogP contribution is -2.50. The van der Waals surface area contributed by atoms with Gasteiger partial charge in [-0.25, -0.2) is 0 Å². The van der Waals surface area contributed by atoms with E-state index < -0.39 is 0 Å². The van der Waals surface area contributed by atoms with Crippen LogP contribution < -0.4 is 10.2 Å². The van der Waals surface area contributed by atoms with Gasteiger partial charge in [0.25, 0.3) is 0 Å². The van der Waals surface area contributed by atoms with E-state index in [1.165, 1.54) is 38.0 Å². The number of rotatable bonds is 4. The summed E-state index contributed by atoms with van der Waals surface area (Å²) in [6, 6.07) is 9.71. The van der Waals surface area contributed by atoms with Crippen molar-refractivity contribution in [2.45, 2.75) is 32.2 Å². The molecule has 1 N–H and O–H groups in total. The standard InChI is InChI=1S/C15H22N2/c1-2-16-11-13-7-8-15(13)17-10-9-12-5-3-4-6-14(12)17/h3-6,13,15-16H,2,7-11H2,1H3. The summed E-state index contributed by atoms with van der Waals surface area (Å²) in [4.78, 5) is 2.65. The molecule has 1 aliphatic carbocycles. The Morgan fingerprint density at radius 1 is 1.29 bits per heavy atom. The van der Waals surface area contributed by atoms with Gasteiger partial charge in [0.2, 0.25) is 0 Å². The van der Waals surface area contributed by atoms with Crippen molar-refractivity contribution >= 4 is 5.69 Å². The molecule has 0 spiro atoms. The molecule has 17 heavy (non-hydrogen) atoms. The summed E-state index contributed by atoms with van der Waals surface area (Å²) in [6.07, 6.45) is 4.02. The van der Waals surface area contributed by atoms with E-state index in [0.717, 1.165) is 18.5 Å². The molecule has 1 fully saturated rings. The molecule has 0 amide bonds. The third-order valence-corrected chi connectivity index (χ3v) is 4.36. The van der Waals surface area contributed by atoms with E-state index in [2.05, 4.69) is 41.4 Å². The van der Waals surface area contributed by atoms with E-state index in [1.807, 2.05) is 0 Å². The summed E-state index contributed by atoms with van der Waals surface area (Å²) in [5.41, 5.74) is 3.04. The van der Waals surface area contributed by atoms with Gasteiger partial charge in [0.05, 0.1) is 0 Å². The van der Waals surface area contributed by atoms with Crippen molar-refractivity contribution in [1.82, 2.24) is 5.32 Å². The Balaban J connectivity index is 1.70. The minimum absolute atomic E-state index is 0.790. The molecule has 0 saturated heterocycles. The van der Waals surface area contributed by atoms with Crippen molar-refractivity contribution in [1.29, 1.82) is 0 Å². The number of hydrogen-bond acceptors (Lipinski definition) is 2. The molecule has 2 atom stereocenters. The first-order chi connectivity index (χ1) is 8.40. The quantitative estimate of drug-likeness (QED) is 0.854. The lowest BCUT2D eigenvalue weighted by atomic mass is 9.78. The number of anilines is 1. The van der Waals surface area contributed by atoms with Gasteiger partial charge in [-0.3, -0.25) is 0 Å². The number of hydrogen-bond donors (Lipinski definition) is 1. The maximum atomic E-state index is 3.50. The summed E-state index contributed by atoms with van der Waals surface area (Å²) in [5.74, 6) is 0.862. The largest absolute Gasteiger partial charge is 0.368 e. The van der Waals surface area contributed by atoms with Crippen LogP contribution in [0.4, 0.5) is 5.69 Å². The Bertz CT molecular complexity index is 388. The molecule has 2 unspecified atom stereocenters. The second-order valence-electron chi connectivity index (χ2n) is 5.28. The van der Waals surface area contributed by atoms with Crippen LogP contribution in [0.25, 0.3) is 0 Å². The number of para-hydroxylation sites is 1. The topological polar surface area (TPSA) is 15.3 Å². The monoisotopic (exact) mass is 230 g/mol. The summed E-state index contributed by atoms with van der Waals surface area (Å²) < 4.78 is 0. The second-order valence-corrected chi connectivity index (χ2v) is 5.28. The lowest BCUT2D eigenvalue weighted by molar-refractivity contribution is 0.238. The highest BCUT2D eigenvalue weighted by molar-refractivity contribution is 5.59. The summed E-state index contributed by atoms with van der Waals surface area (Å²) in [7, 11) is 0. The molecule has 0 bridgehead atoms. The predicted molar refractivity (Wildman–Crippen MR) is 72.5 cm³/mol. The van der Waals surface area contributed by atoms with Crippen LogP contribution in [0.5, 0.6) is 0 Å². The Kier molecular flexibility index (Phi) is 3.06. The van der Waals surface area contributed by atoms with E-state index in [4.69, 9.17) is 0 Å². The Morgan fingerprint density at radius 3 is 2.94 bits per heavy atom. The molecule has 3 rings (SSSR count).